The first-order valence-electron chi connectivity index (χ1n) is 16.1. The lowest BCUT2D eigenvalue weighted by atomic mass is 9.99. The topological polar surface area (TPSA) is 51.8 Å². The molecule has 0 fully saturated rings. The standard InChI is InChI=1S/C44H29N3O/c1-28-8-6-11-34(26-28)32-18-16-30(17-19-32)31-20-23-33(24-21-31)42-45-43(36-25-22-29-9-2-3-10-35(29)27-36)47-44(46-42)38-13-7-15-40-41(38)37-12-4-5-14-39(37)48-40/h2-27H,1H3. The highest BCUT2D eigenvalue weighted by molar-refractivity contribution is 6.11. The maximum Gasteiger partial charge on any atom is 0.164 e. The Kier molecular flexibility index (Phi) is 6.65. The summed E-state index contributed by atoms with van der Waals surface area (Å²) in [4.78, 5) is 15.2. The minimum atomic E-state index is 0.608. The molecule has 2 heterocycles. The quantitative estimate of drug-likeness (QED) is 0.193. The lowest BCUT2D eigenvalue weighted by Crippen LogP contribution is -2.00. The Labute approximate surface area is 278 Å². The molecule has 0 saturated carbocycles. The fourth-order valence-electron chi connectivity index (χ4n) is 6.54. The van der Waals surface area contributed by atoms with Gasteiger partial charge in [0.05, 0.1) is 0 Å². The van der Waals surface area contributed by atoms with Gasteiger partial charge in [0.25, 0.3) is 0 Å². The third-order valence-corrected chi connectivity index (χ3v) is 9.00. The van der Waals surface area contributed by atoms with Crippen molar-refractivity contribution in [2.75, 3.05) is 0 Å². The van der Waals surface area contributed by atoms with Crippen LogP contribution in [0, 0.1) is 6.92 Å². The van der Waals surface area contributed by atoms with Crippen molar-refractivity contribution in [2.45, 2.75) is 6.92 Å². The molecule has 4 heteroatoms. The molecule has 0 aliphatic rings. The summed E-state index contributed by atoms with van der Waals surface area (Å²) in [7, 11) is 0. The van der Waals surface area contributed by atoms with Gasteiger partial charge in [-0.3, -0.25) is 0 Å². The van der Waals surface area contributed by atoms with Gasteiger partial charge in [0.15, 0.2) is 17.5 Å². The molecule has 4 nitrogen and oxygen atoms in total. The van der Waals surface area contributed by atoms with E-state index in [1.54, 1.807) is 0 Å². The van der Waals surface area contributed by atoms with E-state index in [0.29, 0.717) is 17.5 Å². The summed E-state index contributed by atoms with van der Waals surface area (Å²) in [6.45, 7) is 2.12. The van der Waals surface area contributed by atoms with Crippen LogP contribution in [0.4, 0.5) is 0 Å². The third kappa shape index (κ3) is 5.01. The molecular formula is C44H29N3O. The molecule has 0 aliphatic heterocycles. The van der Waals surface area contributed by atoms with E-state index in [1.807, 2.05) is 30.3 Å². The number of aromatic nitrogens is 3. The van der Waals surface area contributed by atoms with Crippen LogP contribution in [-0.4, -0.2) is 15.0 Å². The Morgan fingerprint density at radius 3 is 1.75 bits per heavy atom. The number of benzene rings is 7. The molecule has 0 bridgehead atoms. The highest BCUT2D eigenvalue weighted by Gasteiger charge is 2.18. The number of hydrogen-bond acceptors (Lipinski definition) is 4. The maximum atomic E-state index is 6.21. The Balaban J connectivity index is 1.15. The third-order valence-electron chi connectivity index (χ3n) is 9.00. The molecule has 0 saturated heterocycles. The molecule has 0 aliphatic carbocycles. The van der Waals surface area contributed by atoms with Crippen LogP contribution in [-0.2, 0) is 0 Å². The Bertz CT molecular complexity index is 2620. The molecule has 2 aromatic heterocycles. The fraction of sp³-hybridized carbons (Fsp3) is 0.0227. The molecular weight excluding hydrogens is 587 g/mol. The van der Waals surface area contributed by atoms with Crippen LogP contribution in [0.2, 0.25) is 0 Å². The molecule has 0 radical (unpaired) electrons. The molecule has 0 amide bonds. The minimum absolute atomic E-state index is 0.608. The molecule has 0 atom stereocenters. The summed E-state index contributed by atoms with van der Waals surface area (Å²) in [6, 6.07) is 54.7. The molecule has 7 aromatic carbocycles. The number of furan rings is 1. The fourth-order valence-corrected chi connectivity index (χ4v) is 6.54. The smallest absolute Gasteiger partial charge is 0.164 e. The molecule has 9 aromatic rings. The van der Waals surface area contributed by atoms with E-state index < -0.39 is 0 Å². The van der Waals surface area contributed by atoms with E-state index in [0.717, 1.165) is 55.1 Å². The van der Waals surface area contributed by atoms with Gasteiger partial charge >= 0.3 is 0 Å². The number of fused-ring (bicyclic) bond motifs is 4. The second-order valence-corrected chi connectivity index (χ2v) is 12.2. The molecule has 0 N–H and O–H groups in total. The lowest BCUT2D eigenvalue weighted by Gasteiger charge is -2.11. The maximum absolute atomic E-state index is 6.21. The molecule has 0 spiro atoms. The lowest BCUT2D eigenvalue weighted by molar-refractivity contribution is 0.669. The van der Waals surface area contributed by atoms with Crippen molar-refractivity contribution < 1.29 is 4.42 Å². The highest BCUT2D eigenvalue weighted by Crippen LogP contribution is 2.37. The summed E-state index contributed by atoms with van der Waals surface area (Å²) in [6.07, 6.45) is 0. The summed E-state index contributed by atoms with van der Waals surface area (Å²) in [5.74, 6) is 1.85. The van der Waals surface area contributed by atoms with Crippen LogP contribution in [0.3, 0.4) is 0 Å². The summed E-state index contributed by atoms with van der Waals surface area (Å²) in [5, 5.41) is 4.35. The first kappa shape index (κ1) is 27.9. The average molecular weight is 616 g/mol. The van der Waals surface area contributed by atoms with Crippen LogP contribution < -0.4 is 0 Å². The van der Waals surface area contributed by atoms with E-state index in [2.05, 4.69) is 134 Å². The molecule has 9 rings (SSSR count). The van der Waals surface area contributed by atoms with Crippen molar-refractivity contribution in [3.05, 3.63) is 163 Å². The predicted molar refractivity (Wildman–Crippen MR) is 197 cm³/mol. The van der Waals surface area contributed by atoms with E-state index >= 15 is 0 Å². The van der Waals surface area contributed by atoms with Crippen LogP contribution in [0.5, 0.6) is 0 Å². The van der Waals surface area contributed by atoms with Crippen LogP contribution >= 0.6 is 0 Å². The van der Waals surface area contributed by atoms with Gasteiger partial charge in [-0.15, -0.1) is 0 Å². The van der Waals surface area contributed by atoms with E-state index in [1.165, 1.54) is 22.1 Å². The van der Waals surface area contributed by atoms with Gasteiger partial charge < -0.3 is 4.42 Å². The van der Waals surface area contributed by atoms with Crippen LogP contribution in [0.15, 0.2) is 162 Å². The van der Waals surface area contributed by atoms with Crippen molar-refractivity contribution in [1.82, 2.24) is 15.0 Å². The Hall–Kier alpha value is -6.39. The number of hydrogen-bond donors (Lipinski definition) is 0. The number of nitrogens with zero attached hydrogens (tertiary/aromatic N) is 3. The molecule has 0 unspecified atom stereocenters. The van der Waals surface area contributed by atoms with Gasteiger partial charge in [-0.05, 0) is 58.1 Å². The van der Waals surface area contributed by atoms with Crippen molar-refractivity contribution in [3.8, 4) is 56.4 Å². The normalized spacial score (nSPS) is 11.4. The van der Waals surface area contributed by atoms with E-state index in [4.69, 9.17) is 19.4 Å². The number of aryl methyl sites for hydroxylation is 1. The molecule has 48 heavy (non-hydrogen) atoms. The van der Waals surface area contributed by atoms with Crippen LogP contribution in [0.1, 0.15) is 5.56 Å². The second-order valence-electron chi connectivity index (χ2n) is 12.2. The number of rotatable bonds is 5. The van der Waals surface area contributed by atoms with E-state index in [9.17, 15) is 0 Å². The summed E-state index contributed by atoms with van der Waals surface area (Å²) in [5.41, 5.74) is 10.4. The average Bonchev–Trinajstić information content (AvgIpc) is 3.54. The largest absolute Gasteiger partial charge is 0.456 e. The minimum Gasteiger partial charge on any atom is -0.456 e. The zero-order valence-electron chi connectivity index (χ0n) is 26.3. The SMILES string of the molecule is Cc1cccc(-c2ccc(-c3ccc(-c4nc(-c5ccc6ccccc6c5)nc(-c5cccc6oc7ccccc7c56)n4)cc3)cc2)c1. The summed E-state index contributed by atoms with van der Waals surface area (Å²) < 4.78 is 6.21. The van der Waals surface area contributed by atoms with Gasteiger partial charge in [-0.2, -0.15) is 0 Å². The van der Waals surface area contributed by atoms with Crippen molar-refractivity contribution in [1.29, 1.82) is 0 Å². The predicted octanol–water partition coefficient (Wildman–Crippen LogP) is 11.6. The first-order chi connectivity index (χ1) is 23.7. The zero-order valence-corrected chi connectivity index (χ0v) is 26.3. The van der Waals surface area contributed by atoms with Gasteiger partial charge in [0.2, 0.25) is 0 Å². The Morgan fingerprint density at radius 1 is 0.396 bits per heavy atom. The van der Waals surface area contributed by atoms with Crippen molar-refractivity contribution >= 4 is 32.7 Å². The van der Waals surface area contributed by atoms with Crippen LogP contribution in [0.25, 0.3) is 89.1 Å². The van der Waals surface area contributed by atoms with E-state index in [-0.39, 0.29) is 0 Å². The monoisotopic (exact) mass is 615 g/mol. The second kappa shape index (κ2) is 11.4. The van der Waals surface area contributed by atoms with Gasteiger partial charge in [0.1, 0.15) is 11.2 Å². The summed E-state index contributed by atoms with van der Waals surface area (Å²) >= 11 is 0. The Morgan fingerprint density at radius 2 is 0.979 bits per heavy atom. The zero-order chi connectivity index (χ0) is 32.0. The number of para-hydroxylation sites is 1. The van der Waals surface area contributed by atoms with Crippen molar-refractivity contribution in [3.63, 3.8) is 0 Å². The van der Waals surface area contributed by atoms with Gasteiger partial charge in [0, 0.05) is 27.5 Å². The highest BCUT2D eigenvalue weighted by atomic mass is 16.3. The first-order valence-corrected chi connectivity index (χ1v) is 16.1. The molecule has 226 valence electrons. The van der Waals surface area contributed by atoms with Crippen molar-refractivity contribution in [2.24, 2.45) is 0 Å². The van der Waals surface area contributed by atoms with Gasteiger partial charge in [-0.1, -0.05) is 145 Å². The van der Waals surface area contributed by atoms with Gasteiger partial charge in [-0.25, -0.2) is 15.0 Å².